The Balaban J connectivity index is 1.04. The minimum Gasteiger partial charge on any atom is -0.398 e. The van der Waals surface area contributed by atoms with Crippen molar-refractivity contribution < 1.29 is 0 Å². The molecule has 8 aromatic carbocycles. The van der Waals surface area contributed by atoms with Crippen molar-refractivity contribution in [1.82, 2.24) is 0 Å². The highest BCUT2D eigenvalue weighted by Crippen LogP contribution is 2.62. The highest BCUT2D eigenvalue weighted by Gasteiger charge is 2.50. The number of nitrogens with two attached hydrogens (primary N) is 1. The van der Waals surface area contributed by atoms with Crippen LogP contribution in [0.4, 0.5) is 0 Å². The molecule has 0 radical (unpaired) electrons. The van der Waals surface area contributed by atoms with Crippen LogP contribution in [-0.2, 0) is 11.8 Å². The molecule has 1 heteroatoms. The average molecular weight is 650 g/mol. The van der Waals surface area contributed by atoms with E-state index in [2.05, 4.69) is 188 Å². The SMILES string of the molecule is N/C(=C\C(=C/Cc1ccccc1)c1ccccc1)c1ccc(-c2ccc3c(c2)-c2ccccc2C32c3cccc4ccc5cccc2c5c34)cc1. The quantitative estimate of drug-likeness (QED) is 0.141. The summed E-state index contributed by atoms with van der Waals surface area (Å²) in [5.74, 6) is 0. The third-order valence-corrected chi connectivity index (χ3v) is 11.1. The lowest BCUT2D eigenvalue weighted by Crippen LogP contribution is -2.26. The van der Waals surface area contributed by atoms with E-state index in [1.807, 2.05) is 0 Å². The maximum absolute atomic E-state index is 6.80. The van der Waals surface area contributed by atoms with Crippen LogP contribution in [0.15, 0.2) is 188 Å². The molecule has 0 bridgehead atoms. The van der Waals surface area contributed by atoms with Gasteiger partial charge in [-0.1, -0.05) is 176 Å². The molecule has 0 aromatic heterocycles. The zero-order valence-electron chi connectivity index (χ0n) is 28.2. The van der Waals surface area contributed by atoms with Crippen LogP contribution in [0.5, 0.6) is 0 Å². The normalized spacial score (nSPS) is 14.0. The molecule has 240 valence electrons. The second-order valence-corrected chi connectivity index (χ2v) is 13.8. The molecule has 2 aliphatic carbocycles. The van der Waals surface area contributed by atoms with Crippen LogP contribution in [0.2, 0.25) is 0 Å². The lowest BCUT2D eigenvalue weighted by molar-refractivity contribution is 0.797. The van der Waals surface area contributed by atoms with Crippen LogP contribution in [0.1, 0.15) is 38.9 Å². The first-order valence-electron chi connectivity index (χ1n) is 17.8. The van der Waals surface area contributed by atoms with Crippen LogP contribution in [0, 0.1) is 0 Å². The van der Waals surface area contributed by atoms with Gasteiger partial charge in [-0.25, -0.2) is 0 Å². The number of rotatable bonds is 6. The number of hydrogen-bond donors (Lipinski definition) is 1. The molecule has 51 heavy (non-hydrogen) atoms. The Labute approximate surface area is 298 Å². The van der Waals surface area contributed by atoms with Gasteiger partial charge in [0.2, 0.25) is 0 Å². The molecule has 0 unspecified atom stereocenters. The van der Waals surface area contributed by atoms with E-state index in [1.165, 1.54) is 71.6 Å². The number of benzene rings is 8. The maximum atomic E-state index is 6.80. The highest BCUT2D eigenvalue weighted by atomic mass is 14.6. The Kier molecular flexibility index (Phi) is 6.69. The molecule has 0 saturated heterocycles. The van der Waals surface area contributed by atoms with Crippen molar-refractivity contribution in [3.8, 4) is 22.3 Å². The van der Waals surface area contributed by atoms with E-state index in [1.54, 1.807) is 0 Å². The summed E-state index contributed by atoms with van der Waals surface area (Å²) in [6.07, 6.45) is 5.22. The summed E-state index contributed by atoms with van der Waals surface area (Å²) in [6.45, 7) is 0. The van der Waals surface area contributed by atoms with Gasteiger partial charge in [-0.05, 0) is 107 Å². The first-order chi connectivity index (χ1) is 25.2. The summed E-state index contributed by atoms with van der Waals surface area (Å²) in [5, 5.41) is 5.40. The lowest BCUT2D eigenvalue weighted by atomic mass is 9.70. The zero-order chi connectivity index (χ0) is 33.9. The highest BCUT2D eigenvalue weighted by molar-refractivity contribution is 6.17. The average Bonchev–Trinajstić information content (AvgIpc) is 3.67. The minimum absolute atomic E-state index is 0.333. The van der Waals surface area contributed by atoms with Crippen molar-refractivity contribution >= 4 is 32.8 Å². The summed E-state index contributed by atoms with van der Waals surface area (Å²) >= 11 is 0. The van der Waals surface area contributed by atoms with E-state index in [9.17, 15) is 0 Å². The summed E-state index contributed by atoms with van der Waals surface area (Å²) in [5.41, 5.74) is 22.3. The van der Waals surface area contributed by atoms with E-state index in [0.29, 0.717) is 0 Å². The number of allylic oxidation sites excluding steroid dienone is 3. The fraction of sp³-hybridized carbons (Fsp3) is 0.0400. The largest absolute Gasteiger partial charge is 0.398 e. The summed E-state index contributed by atoms with van der Waals surface area (Å²) in [7, 11) is 0. The first-order valence-corrected chi connectivity index (χ1v) is 17.8. The van der Waals surface area contributed by atoms with Gasteiger partial charge in [0.05, 0.1) is 5.41 Å². The van der Waals surface area contributed by atoms with Crippen molar-refractivity contribution in [1.29, 1.82) is 0 Å². The van der Waals surface area contributed by atoms with Gasteiger partial charge in [0.1, 0.15) is 0 Å². The molecule has 0 heterocycles. The van der Waals surface area contributed by atoms with E-state index in [-0.39, 0.29) is 5.41 Å². The molecule has 10 rings (SSSR count). The Morgan fingerprint density at radius 3 is 1.76 bits per heavy atom. The Morgan fingerprint density at radius 1 is 0.471 bits per heavy atom. The molecule has 2 aliphatic rings. The molecule has 0 atom stereocenters. The second-order valence-electron chi connectivity index (χ2n) is 13.8. The van der Waals surface area contributed by atoms with Crippen LogP contribution in [0.25, 0.3) is 55.1 Å². The van der Waals surface area contributed by atoms with E-state index < -0.39 is 0 Å². The molecule has 2 N–H and O–H groups in total. The molecule has 0 saturated carbocycles. The monoisotopic (exact) mass is 649 g/mol. The molecule has 0 fully saturated rings. The number of fused-ring (bicyclic) bond motifs is 7. The molecule has 1 spiro atoms. The van der Waals surface area contributed by atoms with Gasteiger partial charge >= 0.3 is 0 Å². The van der Waals surface area contributed by atoms with E-state index in [0.717, 1.165) is 28.8 Å². The fourth-order valence-electron chi connectivity index (χ4n) is 8.81. The lowest BCUT2D eigenvalue weighted by Gasteiger charge is -2.30. The second kappa shape index (κ2) is 11.6. The van der Waals surface area contributed by atoms with Gasteiger partial charge in [-0.2, -0.15) is 0 Å². The van der Waals surface area contributed by atoms with Gasteiger partial charge in [0.25, 0.3) is 0 Å². The molecule has 8 aromatic rings. The third kappa shape index (κ3) is 4.48. The third-order valence-electron chi connectivity index (χ3n) is 11.1. The zero-order valence-corrected chi connectivity index (χ0v) is 28.2. The predicted molar refractivity (Wildman–Crippen MR) is 214 cm³/mol. The molecule has 0 aliphatic heterocycles. The van der Waals surface area contributed by atoms with Crippen molar-refractivity contribution in [3.05, 3.63) is 227 Å². The summed E-state index contributed by atoms with van der Waals surface area (Å²) < 4.78 is 0. The van der Waals surface area contributed by atoms with Gasteiger partial charge < -0.3 is 5.73 Å². The van der Waals surface area contributed by atoms with Crippen molar-refractivity contribution in [2.45, 2.75) is 11.8 Å². The molecule has 1 nitrogen and oxygen atoms in total. The van der Waals surface area contributed by atoms with E-state index in [4.69, 9.17) is 5.73 Å². The molecular formula is C50H35N. The van der Waals surface area contributed by atoms with Gasteiger partial charge in [0.15, 0.2) is 0 Å². The number of hydrogen-bond acceptors (Lipinski definition) is 1. The van der Waals surface area contributed by atoms with Crippen molar-refractivity contribution in [2.24, 2.45) is 5.73 Å². The van der Waals surface area contributed by atoms with Gasteiger partial charge in [-0.15, -0.1) is 0 Å². The first kappa shape index (κ1) is 29.5. The summed E-state index contributed by atoms with van der Waals surface area (Å²) in [4.78, 5) is 0. The smallest absolute Gasteiger partial charge is 0.0725 e. The minimum atomic E-state index is -0.333. The van der Waals surface area contributed by atoms with Crippen molar-refractivity contribution in [2.75, 3.05) is 0 Å². The van der Waals surface area contributed by atoms with Crippen molar-refractivity contribution in [3.63, 3.8) is 0 Å². The van der Waals surface area contributed by atoms with Crippen LogP contribution in [-0.4, -0.2) is 0 Å². The van der Waals surface area contributed by atoms with Gasteiger partial charge in [-0.3, -0.25) is 0 Å². The Morgan fingerprint density at radius 2 is 1.06 bits per heavy atom. The standard InChI is InChI=1S/C50H35N/c51-47(32-40(34-13-5-2-6-14-34)22-21-33-11-3-1-4-12-33)36-25-23-35(24-26-36)39-29-30-44-42(31-39)41-17-7-8-18-43(41)50(44)45-19-9-15-37-27-28-38-16-10-20-46(50)49(38)48(37)45/h1-20,22-32H,21,51H2/b40-22+,47-32-. The Hall–Kier alpha value is -6.44. The van der Waals surface area contributed by atoms with Gasteiger partial charge in [0, 0.05) is 5.70 Å². The predicted octanol–water partition coefficient (Wildman–Crippen LogP) is 12.0. The van der Waals surface area contributed by atoms with E-state index >= 15 is 0 Å². The molecular weight excluding hydrogens is 615 g/mol. The Bertz CT molecular complexity index is 2630. The van der Waals surface area contributed by atoms with Crippen LogP contribution in [0.3, 0.4) is 0 Å². The van der Waals surface area contributed by atoms with Crippen LogP contribution >= 0.6 is 0 Å². The topological polar surface area (TPSA) is 26.0 Å². The summed E-state index contributed by atoms with van der Waals surface area (Å²) in [6, 6.07) is 64.2. The maximum Gasteiger partial charge on any atom is 0.0725 e. The fourth-order valence-corrected chi connectivity index (χ4v) is 8.81. The van der Waals surface area contributed by atoms with Crippen LogP contribution < -0.4 is 5.73 Å². The molecule has 0 amide bonds.